The second-order valence-electron chi connectivity index (χ2n) is 4.80. The molecule has 0 aliphatic carbocycles. The van der Waals surface area contributed by atoms with Crippen LogP contribution in [0.15, 0.2) is 42.7 Å². The van der Waals surface area contributed by atoms with Crippen molar-refractivity contribution in [1.29, 1.82) is 0 Å². The first-order chi connectivity index (χ1) is 10.4. The molecule has 114 valence electrons. The third kappa shape index (κ3) is 2.72. The smallest absolute Gasteiger partial charge is 0.352 e. The van der Waals surface area contributed by atoms with Crippen LogP contribution in [0.5, 0.6) is 0 Å². The van der Waals surface area contributed by atoms with Gasteiger partial charge in [-0.15, -0.1) is 10.2 Å². The van der Waals surface area contributed by atoms with Crippen molar-refractivity contribution in [3.8, 4) is 0 Å². The molecule has 0 atom stereocenters. The normalized spacial score (nSPS) is 11.8. The fraction of sp³-hybridized carbons (Fsp3) is 0.214. The number of anilines is 1. The van der Waals surface area contributed by atoms with Crippen molar-refractivity contribution in [2.75, 3.05) is 11.9 Å². The molecule has 3 aromatic heterocycles. The first-order valence-corrected chi connectivity index (χ1v) is 6.48. The van der Waals surface area contributed by atoms with Crippen LogP contribution in [-0.2, 0) is 12.7 Å². The van der Waals surface area contributed by atoms with Crippen molar-refractivity contribution in [2.45, 2.75) is 12.7 Å². The quantitative estimate of drug-likeness (QED) is 0.746. The van der Waals surface area contributed by atoms with Crippen molar-refractivity contribution < 1.29 is 13.2 Å². The van der Waals surface area contributed by atoms with E-state index in [-0.39, 0.29) is 0 Å². The number of aromatic nitrogens is 4. The molecule has 0 fully saturated rings. The predicted octanol–water partition coefficient (Wildman–Crippen LogP) is 2.78. The summed E-state index contributed by atoms with van der Waals surface area (Å²) >= 11 is 0. The van der Waals surface area contributed by atoms with Gasteiger partial charge >= 0.3 is 6.18 Å². The minimum Gasteiger partial charge on any atom is -0.352 e. The molecule has 8 heteroatoms. The van der Waals surface area contributed by atoms with Gasteiger partial charge in [-0.05, 0) is 24.3 Å². The van der Waals surface area contributed by atoms with Crippen LogP contribution in [0.25, 0.3) is 5.65 Å². The summed E-state index contributed by atoms with van der Waals surface area (Å²) in [6, 6.07) is 7.89. The Morgan fingerprint density at radius 1 is 1.14 bits per heavy atom. The topological polar surface area (TPSA) is 46.3 Å². The van der Waals surface area contributed by atoms with E-state index in [0.717, 1.165) is 12.3 Å². The molecule has 22 heavy (non-hydrogen) atoms. The van der Waals surface area contributed by atoms with Crippen molar-refractivity contribution in [2.24, 2.45) is 0 Å². The molecule has 0 amide bonds. The molecule has 0 aliphatic heterocycles. The van der Waals surface area contributed by atoms with Gasteiger partial charge in [0.1, 0.15) is 5.82 Å². The Labute approximate surface area is 124 Å². The highest BCUT2D eigenvalue weighted by Crippen LogP contribution is 2.29. The molecule has 0 saturated heterocycles. The summed E-state index contributed by atoms with van der Waals surface area (Å²) in [4.78, 5) is 5.57. The maximum absolute atomic E-state index is 12.5. The Hall–Kier alpha value is -2.64. The number of halogens is 3. The van der Waals surface area contributed by atoms with Crippen LogP contribution in [0.3, 0.4) is 0 Å². The average molecular weight is 307 g/mol. The van der Waals surface area contributed by atoms with Gasteiger partial charge < -0.3 is 4.90 Å². The second kappa shape index (κ2) is 5.28. The minimum absolute atomic E-state index is 0.379. The number of hydrogen-bond donors (Lipinski definition) is 0. The van der Waals surface area contributed by atoms with Crippen molar-refractivity contribution in [3.63, 3.8) is 0 Å². The summed E-state index contributed by atoms with van der Waals surface area (Å²) in [6.07, 6.45) is -1.72. The summed E-state index contributed by atoms with van der Waals surface area (Å²) in [5, 5.41) is 8.11. The SMILES string of the molecule is CN(Cc1nnc2ccccn12)c1ccc(C(F)(F)F)cn1. The van der Waals surface area contributed by atoms with Crippen molar-refractivity contribution >= 4 is 11.5 Å². The van der Waals surface area contributed by atoms with Gasteiger partial charge in [-0.25, -0.2) is 4.98 Å². The van der Waals surface area contributed by atoms with Crippen LogP contribution < -0.4 is 4.90 Å². The van der Waals surface area contributed by atoms with Crippen molar-refractivity contribution in [1.82, 2.24) is 19.6 Å². The molecule has 5 nitrogen and oxygen atoms in total. The summed E-state index contributed by atoms with van der Waals surface area (Å²) in [6.45, 7) is 0.379. The van der Waals surface area contributed by atoms with Crippen LogP contribution in [-0.4, -0.2) is 26.6 Å². The number of fused-ring (bicyclic) bond motifs is 1. The summed E-state index contributed by atoms with van der Waals surface area (Å²) in [7, 11) is 1.74. The lowest BCUT2D eigenvalue weighted by molar-refractivity contribution is -0.137. The van der Waals surface area contributed by atoms with Crippen LogP contribution in [0, 0.1) is 0 Å². The highest BCUT2D eigenvalue weighted by molar-refractivity contribution is 5.41. The lowest BCUT2D eigenvalue weighted by Crippen LogP contribution is -2.19. The number of alkyl halides is 3. The lowest BCUT2D eigenvalue weighted by Gasteiger charge is -2.17. The maximum atomic E-state index is 12.5. The molecule has 0 saturated carbocycles. The molecule has 0 bridgehead atoms. The van der Waals surface area contributed by atoms with Crippen LogP contribution in [0.1, 0.15) is 11.4 Å². The largest absolute Gasteiger partial charge is 0.417 e. The maximum Gasteiger partial charge on any atom is 0.417 e. The van der Waals surface area contributed by atoms with Gasteiger partial charge in [-0.1, -0.05) is 6.07 Å². The number of nitrogens with zero attached hydrogens (tertiary/aromatic N) is 5. The minimum atomic E-state index is -4.38. The van der Waals surface area contributed by atoms with Crippen LogP contribution in [0.2, 0.25) is 0 Å². The van der Waals surface area contributed by atoms with E-state index < -0.39 is 11.7 Å². The number of hydrogen-bond acceptors (Lipinski definition) is 4. The van der Waals surface area contributed by atoms with Gasteiger partial charge in [0.15, 0.2) is 11.5 Å². The highest BCUT2D eigenvalue weighted by Gasteiger charge is 2.30. The predicted molar refractivity (Wildman–Crippen MR) is 74.3 cm³/mol. The van der Waals surface area contributed by atoms with E-state index in [0.29, 0.717) is 23.8 Å². The molecule has 3 aromatic rings. The molecule has 3 heterocycles. The van der Waals surface area contributed by atoms with E-state index in [4.69, 9.17) is 0 Å². The molecule has 0 unspecified atom stereocenters. The van der Waals surface area contributed by atoms with Crippen LogP contribution in [0.4, 0.5) is 19.0 Å². The van der Waals surface area contributed by atoms with E-state index in [9.17, 15) is 13.2 Å². The Morgan fingerprint density at radius 2 is 1.95 bits per heavy atom. The third-order valence-corrected chi connectivity index (χ3v) is 3.23. The first kappa shape index (κ1) is 14.3. The molecule has 0 aliphatic rings. The first-order valence-electron chi connectivity index (χ1n) is 6.48. The highest BCUT2D eigenvalue weighted by atomic mass is 19.4. The molecule has 3 rings (SSSR count). The van der Waals surface area contributed by atoms with Gasteiger partial charge in [-0.2, -0.15) is 13.2 Å². The summed E-state index contributed by atoms with van der Waals surface area (Å²) in [5.74, 6) is 1.11. The Balaban J connectivity index is 1.81. The average Bonchev–Trinajstić information content (AvgIpc) is 2.90. The summed E-state index contributed by atoms with van der Waals surface area (Å²) in [5.41, 5.74) is -0.0520. The lowest BCUT2D eigenvalue weighted by atomic mass is 10.2. The van der Waals surface area contributed by atoms with E-state index in [1.54, 1.807) is 11.9 Å². The number of rotatable bonds is 3. The second-order valence-corrected chi connectivity index (χ2v) is 4.80. The van der Waals surface area contributed by atoms with Gasteiger partial charge in [-0.3, -0.25) is 4.40 Å². The molecular formula is C14H12F3N5. The fourth-order valence-corrected chi connectivity index (χ4v) is 2.07. The van der Waals surface area contributed by atoms with Gasteiger partial charge in [0.05, 0.1) is 12.1 Å². The summed E-state index contributed by atoms with van der Waals surface area (Å²) < 4.78 is 39.4. The zero-order valence-electron chi connectivity index (χ0n) is 11.6. The van der Waals surface area contributed by atoms with Crippen LogP contribution >= 0.6 is 0 Å². The Morgan fingerprint density at radius 3 is 2.64 bits per heavy atom. The van der Waals surface area contributed by atoms with Gasteiger partial charge in [0.2, 0.25) is 0 Å². The molecular weight excluding hydrogens is 295 g/mol. The monoisotopic (exact) mass is 307 g/mol. The van der Waals surface area contributed by atoms with E-state index in [1.807, 2.05) is 28.8 Å². The van der Waals surface area contributed by atoms with E-state index >= 15 is 0 Å². The van der Waals surface area contributed by atoms with Gasteiger partial charge in [0.25, 0.3) is 0 Å². The zero-order chi connectivity index (χ0) is 15.7. The van der Waals surface area contributed by atoms with Crippen molar-refractivity contribution in [3.05, 3.63) is 54.1 Å². The fourth-order valence-electron chi connectivity index (χ4n) is 2.07. The van der Waals surface area contributed by atoms with E-state index in [2.05, 4.69) is 15.2 Å². The number of pyridine rings is 2. The van der Waals surface area contributed by atoms with Gasteiger partial charge in [0, 0.05) is 19.4 Å². The Bertz CT molecular complexity index is 779. The Kier molecular flexibility index (Phi) is 3.44. The molecule has 0 radical (unpaired) electrons. The molecule has 0 aromatic carbocycles. The van der Waals surface area contributed by atoms with E-state index in [1.165, 1.54) is 6.07 Å². The zero-order valence-corrected chi connectivity index (χ0v) is 11.6. The third-order valence-electron chi connectivity index (χ3n) is 3.23. The molecule has 0 N–H and O–H groups in total. The standard InChI is InChI=1S/C14H12F3N5/c1-21(11-6-5-10(8-18-11)14(15,16)17)9-13-20-19-12-4-2-3-7-22(12)13/h2-8H,9H2,1H3. The molecule has 0 spiro atoms.